The van der Waals surface area contributed by atoms with Crippen LogP contribution in [-0.2, 0) is 16.0 Å². The molecule has 4 nitrogen and oxygen atoms in total. The van der Waals surface area contributed by atoms with E-state index in [0.29, 0.717) is 13.0 Å². The predicted octanol–water partition coefficient (Wildman–Crippen LogP) is 5.33. The molecule has 25 heavy (non-hydrogen) atoms. The first-order chi connectivity index (χ1) is 12.1. The number of benzene rings is 2. The summed E-state index contributed by atoms with van der Waals surface area (Å²) in [6, 6.07) is 15.7. The van der Waals surface area contributed by atoms with Gasteiger partial charge in [-0.1, -0.05) is 24.3 Å². The molecule has 2 aromatic rings. The number of nitrogens with zero attached hydrogens (tertiary/aromatic N) is 1. The van der Waals surface area contributed by atoms with Crippen molar-refractivity contribution in [3.8, 4) is 11.5 Å². The van der Waals surface area contributed by atoms with E-state index in [1.807, 2.05) is 43.3 Å². The van der Waals surface area contributed by atoms with Gasteiger partial charge in [-0.2, -0.15) is 0 Å². The molecule has 2 aromatic carbocycles. The summed E-state index contributed by atoms with van der Waals surface area (Å²) in [7, 11) is 1.55. The smallest absolute Gasteiger partial charge is 0.324 e. The highest BCUT2D eigenvalue weighted by Crippen LogP contribution is 2.41. The number of carbonyl (C=O) groups excluding carboxylic acids is 1. The van der Waals surface area contributed by atoms with Gasteiger partial charge in [0.2, 0.25) is 0 Å². The predicted molar refractivity (Wildman–Crippen MR) is 109 cm³/mol. The minimum absolute atomic E-state index is 0.0966. The molecule has 2 atom stereocenters. The molecule has 0 radical (unpaired) electrons. The molecule has 0 bridgehead atoms. The van der Waals surface area contributed by atoms with Crippen molar-refractivity contribution < 1.29 is 14.3 Å². The van der Waals surface area contributed by atoms with Crippen LogP contribution in [0.3, 0.4) is 0 Å². The summed E-state index contributed by atoms with van der Waals surface area (Å²) >= 11 is 2.23. The maximum atomic E-state index is 12.3. The van der Waals surface area contributed by atoms with Gasteiger partial charge in [-0.3, -0.25) is 4.79 Å². The third-order valence-corrected chi connectivity index (χ3v) is 6.38. The average molecular weight is 469 g/mol. The first-order valence-electron chi connectivity index (χ1n) is 8.23. The van der Waals surface area contributed by atoms with E-state index in [0.717, 1.165) is 11.5 Å². The van der Waals surface area contributed by atoms with Crippen LogP contribution in [0.15, 0.2) is 48.5 Å². The third kappa shape index (κ3) is 4.12. The molecule has 0 aliphatic carbocycles. The Hall–Kier alpha value is -1.25. The summed E-state index contributed by atoms with van der Waals surface area (Å²) in [5.41, 5.74) is 2.37. The molecule has 3 rings (SSSR count). The number of fused-ring (bicyclic) bond motifs is 1. The van der Waals surface area contributed by atoms with Crippen molar-refractivity contribution in [1.82, 2.24) is 4.31 Å². The first kappa shape index (κ1) is 18.5. The van der Waals surface area contributed by atoms with E-state index in [4.69, 9.17) is 9.47 Å². The lowest BCUT2D eigenvalue weighted by Gasteiger charge is -2.38. The number of hydrogen-bond acceptors (Lipinski definition) is 5. The van der Waals surface area contributed by atoms with Crippen LogP contribution in [-0.4, -0.2) is 22.9 Å². The summed E-state index contributed by atoms with van der Waals surface area (Å²) in [5.74, 6) is 1.47. The largest absolute Gasteiger partial charge is 0.465 e. The average Bonchev–Trinajstić information content (AvgIpc) is 2.63. The van der Waals surface area contributed by atoms with E-state index in [2.05, 4.69) is 44.6 Å². The lowest BCUT2D eigenvalue weighted by atomic mass is 9.90. The Labute approximate surface area is 164 Å². The second-order valence-electron chi connectivity index (χ2n) is 5.85. The maximum Gasteiger partial charge on any atom is 0.324 e. The molecular formula is C19H20INO3S. The normalized spacial score (nSPS) is 20.0. The Kier molecular flexibility index (Phi) is 6.24. The van der Waals surface area contributed by atoms with Gasteiger partial charge in [0.1, 0.15) is 17.5 Å². The monoisotopic (exact) mass is 469 g/mol. The van der Waals surface area contributed by atoms with Crippen LogP contribution in [0, 0.1) is 0 Å². The van der Waals surface area contributed by atoms with Crippen LogP contribution in [0.4, 0.5) is 0 Å². The number of rotatable bonds is 5. The molecule has 0 saturated carbocycles. The van der Waals surface area contributed by atoms with Gasteiger partial charge in [-0.05, 0) is 64.8 Å². The van der Waals surface area contributed by atoms with Crippen LogP contribution in [0.5, 0.6) is 11.5 Å². The summed E-state index contributed by atoms with van der Waals surface area (Å²) in [6.45, 7) is 4.36. The number of carbonyl (C=O) groups is 1. The second kappa shape index (κ2) is 8.42. The fourth-order valence-electron chi connectivity index (χ4n) is 3.07. The van der Waals surface area contributed by atoms with Crippen LogP contribution in [0.25, 0.3) is 0 Å². The van der Waals surface area contributed by atoms with E-state index in [1.54, 1.807) is 9.12 Å². The minimum atomic E-state index is -0.259. The number of para-hydroxylation sites is 1. The van der Waals surface area contributed by atoms with Gasteiger partial charge in [-0.25, -0.2) is 4.31 Å². The molecular weight excluding hydrogens is 449 g/mol. The van der Waals surface area contributed by atoms with Gasteiger partial charge in [-0.15, -0.1) is 0 Å². The van der Waals surface area contributed by atoms with Crippen molar-refractivity contribution in [1.29, 1.82) is 0 Å². The molecule has 132 valence electrons. The van der Waals surface area contributed by atoms with E-state index in [-0.39, 0.29) is 18.1 Å². The van der Waals surface area contributed by atoms with Crippen LogP contribution in [0.1, 0.15) is 31.0 Å². The van der Waals surface area contributed by atoms with E-state index in [1.165, 1.54) is 11.1 Å². The Bertz CT molecular complexity index is 741. The number of halogens is 1. The Morgan fingerprint density at radius 1 is 1.24 bits per heavy atom. The van der Waals surface area contributed by atoms with Crippen molar-refractivity contribution >= 4 is 36.3 Å². The van der Waals surface area contributed by atoms with E-state index < -0.39 is 0 Å². The van der Waals surface area contributed by atoms with E-state index >= 15 is 0 Å². The molecule has 2 unspecified atom stereocenters. The minimum Gasteiger partial charge on any atom is -0.465 e. The zero-order valence-corrected chi connectivity index (χ0v) is 17.1. The summed E-state index contributed by atoms with van der Waals surface area (Å²) in [4.78, 5) is 12.3. The van der Waals surface area contributed by atoms with Crippen molar-refractivity contribution in [2.24, 2.45) is 0 Å². The topological polar surface area (TPSA) is 38.8 Å². The molecule has 0 spiro atoms. The van der Waals surface area contributed by atoms with Crippen molar-refractivity contribution in [2.75, 3.05) is 6.61 Å². The quantitative estimate of drug-likeness (QED) is 0.337. The summed E-state index contributed by atoms with van der Waals surface area (Å²) in [5, 5.41) is 0. The van der Waals surface area contributed by atoms with E-state index in [9.17, 15) is 4.79 Å². The fraction of sp³-hybridized carbons (Fsp3) is 0.316. The molecule has 1 aliphatic rings. The van der Waals surface area contributed by atoms with Crippen molar-refractivity contribution in [2.45, 2.75) is 32.4 Å². The number of esters is 1. The Morgan fingerprint density at radius 2 is 2.00 bits per heavy atom. The lowest BCUT2D eigenvalue weighted by Crippen LogP contribution is -2.44. The molecule has 0 fully saturated rings. The zero-order chi connectivity index (χ0) is 17.8. The highest BCUT2D eigenvalue weighted by Gasteiger charge is 2.37. The first-order valence-corrected chi connectivity index (χ1v) is 11.5. The molecule has 0 N–H and O–H groups in total. The van der Waals surface area contributed by atoms with Crippen LogP contribution < -0.4 is 4.74 Å². The van der Waals surface area contributed by atoms with Gasteiger partial charge in [0.05, 0.1) is 6.61 Å². The highest BCUT2D eigenvalue weighted by molar-refractivity contribution is 14.2. The molecule has 1 heterocycles. The van der Waals surface area contributed by atoms with Gasteiger partial charge in [0.15, 0.2) is 0 Å². The number of ether oxygens (including phenoxy) is 2. The molecule has 0 saturated heterocycles. The van der Waals surface area contributed by atoms with Crippen LogP contribution in [0.2, 0.25) is 0 Å². The zero-order valence-electron chi connectivity index (χ0n) is 14.1. The second-order valence-corrected chi connectivity index (χ2v) is 7.59. The van der Waals surface area contributed by atoms with Gasteiger partial charge in [0, 0.05) is 27.2 Å². The fourth-order valence-corrected chi connectivity index (χ4v) is 5.41. The van der Waals surface area contributed by atoms with Gasteiger partial charge >= 0.3 is 5.97 Å². The van der Waals surface area contributed by atoms with Gasteiger partial charge in [0.25, 0.3) is 0 Å². The highest BCUT2D eigenvalue weighted by atomic mass is 127. The SMILES string of the molecule is CCOC(=O)C1Cc2ccc(Oc3ccccc3)cc2C(C)N1SI. The van der Waals surface area contributed by atoms with Crippen LogP contribution >= 0.6 is 30.3 Å². The molecule has 0 aromatic heterocycles. The van der Waals surface area contributed by atoms with Crippen molar-refractivity contribution in [3.63, 3.8) is 0 Å². The summed E-state index contributed by atoms with van der Waals surface area (Å²) < 4.78 is 13.3. The molecule has 0 amide bonds. The lowest BCUT2D eigenvalue weighted by molar-refractivity contribution is -0.148. The third-order valence-electron chi connectivity index (χ3n) is 4.29. The Morgan fingerprint density at radius 3 is 2.68 bits per heavy atom. The van der Waals surface area contributed by atoms with Gasteiger partial charge < -0.3 is 9.47 Å². The summed E-state index contributed by atoms with van der Waals surface area (Å²) in [6.07, 6.45) is 0.653. The molecule has 6 heteroatoms. The molecule has 1 aliphatic heterocycles. The van der Waals surface area contributed by atoms with Crippen molar-refractivity contribution in [3.05, 3.63) is 59.7 Å². The Balaban J connectivity index is 1.87. The standard InChI is InChI=1S/C19H20INO3S/c1-3-23-19(22)18-11-14-9-10-16(24-15-7-5-4-6-8-15)12-17(14)13(2)21(18)25-20/h4-10,12-13,18H,3,11H2,1-2H3. The number of hydrogen-bond donors (Lipinski definition) is 0. The maximum absolute atomic E-state index is 12.3.